The molecule has 0 N–H and O–H groups in total. The van der Waals surface area contributed by atoms with Gasteiger partial charge in [0.15, 0.2) is 0 Å². The van der Waals surface area contributed by atoms with Crippen LogP contribution in [0.2, 0.25) is 0 Å². The van der Waals surface area contributed by atoms with Crippen LogP contribution in [-0.2, 0) is 5.41 Å². The average Bonchev–Trinajstić information content (AvgIpc) is 3.38. The number of fused-ring (bicyclic) bond motifs is 7. The molecule has 0 aliphatic heterocycles. The molecular formula is C49H34. The summed E-state index contributed by atoms with van der Waals surface area (Å²) in [5.74, 6) is 0. The van der Waals surface area contributed by atoms with Gasteiger partial charge in [-0.15, -0.1) is 0 Å². The van der Waals surface area contributed by atoms with Crippen LogP contribution in [0.1, 0.15) is 25.0 Å². The van der Waals surface area contributed by atoms with E-state index in [0.29, 0.717) is 0 Å². The second-order valence-corrected chi connectivity index (χ2v) is 14.1. The first-order chi connectivity index (χ1) is 24.1. The van der Waals surface area contributed by atoms with Gasteiger partial charge in [0.05, 0.1) is 0 Å². The minimum absolute atomic E-state index is 0.0493. The fourth-order valence-corrected chi connectivity index (χ4v) is 8.63. The first kappa shape index (κ1) is 28.1. The van der Waals surface area contributed by atoms with Gasteiger partial charge in [0, 0.05) is 5.41 Å². The summed E-state index contributed by atoms with van der Waals surface area (Å²) in [6, 6.07) is 63.3. The maximum absolute atomic E-state index is 2.46. The molecule has 9 aromatic carbocycles. The first-order valence-corrected chi connectivity index (χ1v) is 17.3. The molecule has 9 aromatic rings. The van der Waals surface area contributed by atoms with Gasteiger partial charge in [0.2, 0.25) is 0 Å². The third-order valence-corrected chi connectivity index (χ3v) is 11.0. The van der Waals surface area contributed by atoms with Gasteiger partial charge in [-0.2, -0.15) is 0 Å². The quantitative estimate of drug-likeness (QED) is 0.172. The first-order valence-electron chi connectivity index (χ1n) is 17.3. The molecule has 0 spiro atoms. The summed E-state index contributed by atoms with van der Waals surface area (Å²) in [6.45, 7) is 4.73. The van der Waals surface area contributed by atoms with Crippen molar-refractivity contribution in [2.75, 3.05) is 0 Å². The third-order valence-electron chi connectivity index (χ3n) is 11.0. The summed E-state index contributed by atoms with van der Waals surface area (Å²) in [5, 5.41) is 10.2. The topological polar surface area (TPSA) is 0 Å². The van der Waals surface area contributed by atoms with E-state index in [1.165, 1.54) is 98.7 Å². The van der Waals surface area contributed by atoms with Gasteiger partial charge in [0.1, 0.15) is 0 Å². The lowest BCUT2D eigenvalue weighted by atomic mass is 9.81. The highest BCUT2D eigenvalue weighted by Gasteiger charge is 2.35. The Balaban J connectivity index is 1.29. The fraction of sp³-hybridized carbons (Fsp3) is 0.0612. The molecule has 0 heteroatoms. The maximum Gasteiger partial charge on any atom is 0.0159 e. The zero-order valence-electron chi connectivity index (χ0n) is 27.7. The van der Waals surface area contributed by atoms with Crippen LogP contribution in [-0.4, -0.2) is 0 Å². The molecule has 1 aliphatic carbocycles. The van der Waals surface area contributed by atoms with Gasteiger partial charge in [-0.25, -0.2) is 0 Å². The monoisotopic (exact) mass is 622 g/mol. The van der Waals surface area contributed by atoms with Crippen LogP contribution in [0.3, 0.4) is 0 Å². The van der Waals surface area contributed by atoms with Crippen molar-refractivity contribution in [2.45, 2.75) is 19.3 Å². The van der Waals surface area contributed by atoms with Crippen molar-refractivity contribution in [1.29, 1.82) is 0 Å². The predicted octanol–water partition coefficient (Wildman–Crippen LogP) is 13.6. The molecule has 0 amide bonds. The SMILES string of the molecule is CC1(C)c2ccccc2-c2ccc(-c3ccc4c(-c5ccc6ccccc6c5)c5ccccc5c(-c5cccc6ccccc56)c4c3)cc21. The van der Waals surface area contributed by atoms with Crippen molar-refractivity contribution in [3.8, 4) is 44.5 Å². The number of benzene rings is 9. The predicted molar refractivity (Wildman–Crippen MR) is 210 cm³/mol. The van der Waals surface area contributed by atoms with Gasteiger partial charge in [-0.1, -0.05) is 166 Å². The van der Waals surface area contributed by atoms with Crippen LogP contribution in [0.5, 0.6) is 0 Å². The average molecular weight is 623 g/mol. The molecule has 49 heavy (non-hydrogen) atoms. The van der Waals surface area contributed by atoms with Crippen molar-refractivity contribution in [1.82, 2.24) is 0 Å². The van der Waals surface area contributed by atoms with Gasteiger partial charge in [-0.3, -0.25) is 0 Å². The minimum Gasteiger partial charge on any atom is -0.0619 e. The number of hydrogen-bond acceptors (Lipinski definition) is 0. The third kappa shape index (κ3) is 4.17. The Morgan fingerprint density at radius 1 is 0.306 bits per heavy atom. The standard InChI is InChI=1S/C49H34/c1-49(2)45-21-10-9-17-38(45)39-26-24-35(30-46(39)49)34-25-27-43-44(29-34)48(40-20-11-15-32-13-5-6-16-37(32)40)42-19-8-7-18-41(42)47(43)36-23-22-31-12-3-4-14-33(31)28-36/h3-30H,1-2H3. The van der Waals surface area contributed by atoms with Crippen LogP contribution in [0.4, 0.5) is 0 Å². The number of hydrogen-bond donors (Lipinski definition) is 0. The Morgan fingerprint density at radius 2 is 0.878 bits per heavy atom. The van der Waals surface area contributed by atoms with Gasteiger partial charge in [0.25, 0.3) is 0 Å². The van der Waals surface area contributed by atoms with Crippen molar-refractivity contribution >= 4 is 43.1 Å². The van der Waals surface area contributed by atoms with Crippen molar-refractivity contribution in [3.05, 3.63) is 181 Å². The van der Waals surface area contributed by atoms with Crippen LogP contribution >= 0.6 is 0 Å². The van der Waals surface area contributed by atoms with E-state index in [9.17, 15) is 0 Å². The molecular weight excluding hydrogens is 589 g/mol. The molecule has 0 radical (unpaired) electrons. The summed E-state index contributed by atoms with van der Waals surface area (Å²) < 4.78 is 0. The number of rotatable bonds is 3. The zero-order chi connectivity index (χ0) is 32.7. The molecule has 0 aromatic heterocycles. The van der Waals surface area contributed by atoms with E-state index < -0.39 is 0 Å². The van der Waals surface area contributed by atoms with E-state index in [2.05, 4.69) is 184 Å². The van der Waals surface area contributed by atoms with Gasteiger partial charge in [-0.05, 0) is 117 Å². The van der Waals surface area contributed by atoms with E-state index in [1.54, 1.807) is 0 Å². The molecule has 10 rings (SSSR count). The second-order valence-electron chi connectivity index (χ2n) is 14.1. The van der Waals surface area contributed by atoms with E-state index in [-0.39, 0.29) is 5.41 Å². The Bertz CT molecular complexity index is 2790. The largest absolute Gasteiger partial charge is 0.0619 e. The Morgan fingerprint density at radius 3 is 1.73 bits per heavy atom. The molecule has 0 saturated heterocycles. The maximum atomic E-state index is 2.46. The van der Waals surface area contributed by atoms with Crippen LogP contribution in [0.15, 0.2) is 170 Å². The van der Waals surface area contributed by atoms with Crippen LogP contribution in [0, 0.1) is 0 Å². The summed E-state index contributed by atoms with van der Waals surface area (Å²) in [5.41, 5.74) is 13.1. The molecule has 0 bridgehead atoms. The molecule has 0 fully saturated rings. The molecule has 0 unspecified atom stereocenters. The lowest BCUT2D eigenvalue weighted by molar-refractivity contribution is 0.660. The highest BCUT2D eigenvalue weighted by Crippen LogP contribution is 2.51. The van der Waals surface area contributed by atoms with E-state index in [4.69, 9.17) is 0 Å². The fourth-order valence-electron chi connectivity index (χ4n) is 8.63. The molecule has 0 heterocycles. The van der Waals surface area contributed by atoms with E-state index in [1.807, 2.05) is 0 Å². The Kier molecular flexibility index (Phi) is 6.02. The Labute approximate surface area is 286 Å². The molecule has 0 saturated carbocycles. The summed E-state index contributed by atoms with van der Waals surface area (Å²) in [4.78, 5) is 0. The zero-order valence-corrected chi connectivity index (χ0v) is 27.7. The minimum atomic E-state index is -0.0493. The van der Waals surface area contributed by atoms with E-state index >= 15 is 0 Å². The van der Waals surface area contributed by atoms with Crippen molar-refractivity contribution in [2.24, 2.45) is 0 Å². The van der Waals surface area contributed by atoms with Gasteiger partial charge < -0.3 is 0 Å². The molecule has 1 aliphatic rings. The van der Waals surface area contributed by atoms with Crippen molar-refractivity contribution < 1.29 is 0 Å². The molecule has 0 nitrogen and oxygen atoms in total. The smallest absolute Gasteiger partial charge is 0.0159 e. The Hall–Kier alpha value is -5.98. The van der Waals surface area contributed by atoms with Gasteiger partial charge >= 0.3 is 0 Å². The second kappa shape index (κ2) is 10.5. The lowest BCUT2D eigenvalue weighted by Gasteiger charge is -2.22. The normalized spacial score (nSPS) is 13.3. The molecule has 0 atom stereocenters. The van der Waals surface area contributed by atoms with E-state index in [0.717, 1.165) is 0 Å². The molecule has 230 valence electrons. The highest BCUT2D eigenvalue weighted by atomic mass is 14.4. The summed E-state index contributed by atoms with van der Waals surface area (Å²) in [7, 11) is 0. The van der Waals surface area contributed by atoms with Crippen LogP contribution in [0.25, 0.3) is 87.6 Å². The van der Waals surface area contributed by atoms with Crippen molar-refractivity contribution in [3.63, 3.8) is 0 Å². The lowest BCUT2D eigenvalue weighted by Crippen LogP contribution is -2.14. The summed E-state index contributed by atoms with van der Waals surface area (Å²) in [6.07, 6.45) is 0. The van der Waals surface area contributed by atoms with Crippen LogP contribution < -0.4 is 0 Å². The highest BCUT2D eigenvalue weighted by molar-refractivity contribution is 6.24. The summed E-state index contributed by atoms with van der Waals surface area (Å²) >= 11 is 0.